The second-order valence-corrected chi connectivity index (χ2v) is 8.43. The lowest BCUT2D eigenvalue weighted by atomic mass is 10.1. The van der Waals surface area contributed by atoms with E-state index in [1.165, 1.54) is 12.1 Å². The average Bonchev–Trinajstić information content (AvgIpc) is 3.24. The Morgan fingerprint density at radius 1 is 1.24 bits per heavy atom. The summed E-state index contributed by atoms with van der Waals surface area (Å²) in [6.45, 7) is 3.10. The van der Waals surface area contributed by atoms with Crippen LogP contribution in [0, 0.1) is 0 Å². The van der Waals surface area contributed by atoms with Crippen molar-refractivity contribution in [3.63, 3.8) is 0 Å². The van der Waals surface area contributed by atoms with Gasteiger partial charge in [0.2, 0.25) is 5.13 Å². The molecule has 0 atom stereocenters. The predicted molar refractivity (Wildman–Crippen MR) is 94.1 cm³/mol. The number of hydrogen-bond acceptors (Lipinski definition) is 7. The Kier molecular flexibility index (Phi) is 5.38. The molecule has 158 valence electrons. The SMILES string of the molecule is CCN1CCc2cc(N=Nc3ncc(C(F)(F)C(F)(F)F)s3)c(S(=O)(=O)O)cc21. The Morgan fingerprint density at radius 3 is 2.52 bits per heavy atom. The number of fused-ring (bicyclic) bond motifs is 1. The summed E-state index contributed by atoms with van der Waals surface area (Å²) in [5.41, 5.74) is 1.06. The number of rotatable bonds is 5. The summed E-state index contributed by atoms with van der Waals surface area (Å²) < 4.78 is 96.8. The number of nitrogens with zero attached hydrogens (tertiary/aromatic N) is 4. The molecule has 2 heterocycles. The van der Waals surface area contributed by atoms with E-state index in [0.717, 1.165) is 5.56 Å². The Bertz CT molecular complexity index is 1070. The molecule has 0 amide bonds. The number of thiazole rings is 1. The van der Waals surface area contributed by atoms with Crippen molar-refractivity contribution in [1.82, 2.24) is 4.98 Å². The minimum Gasteiger partial charge on any atom is -0.371 e. The van der Waals surface area contributed by atoms with Gasteiger partial charge in [0, 0.05) is 25.0 Å². The van der Waals surface area contributed by atoms with Gasteiger partial charge in [0.05, 0.1) is 0 Å². The topological polar surface area (TPSA) is 95.2 Å². The molecule has 29 heavy (non-hydrogen) atoms. The molecule has 0 aliphatic carbocycles. The van der Waals surface area contributed by atoms with Crippen molar-refractivity contribution in [3.05, 3.63) is 28.8 Å². The van der Waals surface area contributed by atoms with Gasteiger partial charge in [-0.15, -0.1) is 10.2 Å². The fraction of sp³-hybridized carbons (Fsp3) is 0.400. The van der Waals surface area contributed by atoms with E-state index in [9.17, 15) is 34.9 Å². The number of hydrogen-bond donors (Lipinski definition) is 1. The molecule has 14 heteroatoms. The first-order valence-electron chi connectivity index (χ1n) is 8.06. The first-order valence-corrected chi connectivity index (χ1v) is 10.3. The summed E-state index contributed by atoms with van der Waals surface area (Å²) in [5.74, 6) is -5.10. The molecule has 0 fully saturated rings. The van der Waals surface area contributed by atoms with Crippen LogP contribution in [0.5, 0.6) is 0 Å². The van der Waals surface area contributed by atoms with Crippen molar-refractivity contribution in [2.45, 2.75) is 30.3 Å². The van der Waals surface area contributed by atoms with E-state index in [1.807, 2.05) is 11.8 Å². The first-order chi connectivity index (χ1) is 13.3. The van der Waals surface area contributed by atoms with Crippen LogP contribution in [0.15, 0.2) is 33.5 Å². The fourth-order valence-electron chi connectivity index (χ4n) is 2.78. The number of alkyl halides is 5. The van der Waals surface area contributed by atoms with Crippen molar-refractivity contribution in [2.24, 2.45) is 10.2 Å². The molecule has 1 aliphatic heterocycles. The Balaban J connectivity index is 1.98. The van der Waals surface area contributed by atoms with Crippen LogP contribution >= 0.6 is 11.3 Å². The highest BCUT2D eigenvalue weighted by molar-refractivity contribution is 7.86. The van der Waals surface area contributed by atoms with Gasteiger partial charge in [0.25, 0.3) is 10.1 Å². The van der Waals surface area contributed by atoms with Gasteiger partial charge < -0.3 is 4.90 Å². The molecule has 0 saturated heterocycles. The van der Waals surface area contributed by atoms with E-state index in [4.69, 9.17) is 0 Å². The van der Waals surface area contributed by atoms with E-state index in [1.54, 1.807) is 0 Å². The van der Waals surface area contributed by atoms with E-state index in [2.05, 4.69) is 15.2 Å². The summed E-state index contributed by atoms with van der Waals surface area (Å²) in [5, 5.41) is 6.57. The Labute approximate surface area is 165 Å². The Morgan fingerprint density at radius 2 is 1.93 bits per heavy atom. The van der Waals surface area contributed by atoms with Crippen LogP contribution < -0.4 is 4.90 Å². The standard InChI is InChI=1S/C15H13F5N4O3S2/c1-2-24-4-3-8-5-9(11(6-10(8)24)29(25,26)27)22-23-13-21-7-12(28-13)14(16,17)15(18,19)20/h5-7H,2-4H2,1H3,(H,25,26,27). The zero-order valence-electron chi connectivity index (χ0n) is 14.6. The molecule has 1 aliphatic rings. The summed E-state index contributed by atoms with van der Waals surface area (Å²) >= 11 is -0.0330. The maximum atomic E-state index is 13.3. The number of likely N-dealkylation sites (N-methyl/N-ethyl adjacent to an activating group) is 1. The zero-order valence-corrected chi connectivity index (χ0v) is 16.2. The smallest absolute Gasteiger partial charge is 0.371 e. The summed E-state index contributed by atoms with van der Waals surface area (Å²) in [6.07, 6.45) is -4.88. The maximum absolute atomic E-state index is 13.3. The molecule has 0 spiro atoms. The fourth-order valence-corrected chi connectivity index (χ4v) is 4.13. The molecular formula is C15H13F5N4O3S2. The normalized spacial score (nSPS) is 15.3. The summed E-state index contributed by atoms with van der Waals surface area (Å²) in [4.78, 5) is 3.31. The van der Waals surface area contributed by atoms with Crippen LogP contribution in [0.4, 0.5) is 38.5 Å². The van der Waals surface area contributed by atoms with E-state index in [0.29, 0.717) is 31.4 Å². The third kappa shape index (κ3) is 4.09. The summed E-state index contributed by atoms with van der Waals surface area (Å²) in [6, 6.07) is 2.59. The zero-order chi connectivity index (χ0) is 21.6. The number of anilines is 1. The van der Waals surface area contributed by atoms with Crippen molar-refractivity contribution >= 4 is 38.0 Å². The van der Waals surface area contributed by atoms with Gasteiger partial charge >= 0.3 is 12.1 Å². The lowest BCUT2D eigenvalue weighted by molar-refractivity contribution is -0.287. The van der Waals surface area contributed by atoms with Gasteiger partial charge in [-0.25, -0.2) is 4.98 Å². The third-order valence-corrected chi connectivity index (χ3v) is 6.05. The molecule has 1 aromatic heterocycles. The molecule has 0 bridgehead atoms. The second-order valence-electron chi connectivity index (χ2n) is 6.03. The predicted octanol–water partition coefficient (Wildman–Crippen LogP) is 4.84. The molecular weight excluding hydrogens is 443 g/mol. The third-order valence-electron chi connectivity index (χ3n) is 4.21. The van der Waals surface area contributed by atoms with Gasteiger partial charge in [0.15, 0.2) is 0 Å². The number of aromatic nitrogens is 1. The van der Waals surface area contributed by atoms with E-state index >= 15 is 0 Å². The highest BCUT2D eigenvalue weighted by Gasteiger charge is 2.60. The second kappa shape index (κ2) is 7.25. The monoisotopic (exact) mass is 456 g/mol. The van der Waals surface area contributed by atoms with Crippen molar-refractivity contribution in [3.8, 4) is 0 Å². The van der Waals surface area contributed by atoms with Crippen LogP contribution in [0.1, 0.15) is 17.4 Å². The lowest BCUT2D eigenvalue weighted by Gasteiger charge is -2.17. The van der Waals surface area contributed by atoms with Gasteiger partial charge in [-0.1, -0.05) is 11.3 Å². The Hall–Kier alpha value is -2.19. The molecule has 0 saturated carbocycles. The van der Waals surface area contributed by atoms with Gasteiger partial charge in [0.1, 0.15) is 15.5 Å². The van der Waals surface area contributed by atoms with Crippen LogP contribution in [-0.2, 0) is 22.5 Å². The quantitative estimate of drug-likeness (QED) is 0.395. The lowest BCUT2D eigenvalue weighted by Crippen LogP contribution is -2.32. The van der Waals surface area contributed by atoms with Crippen molar-refractivity contribution < 1.29 is 34.9 Å². The number of benzene rings is 1. The van der Waals surface area contributed by atoms with Gasteiger partial charge in [-0.3, -0.25) is 4.55 Å². The summed E-state index contributed by atoms with van der Waals surface area (Å²) in [7, 11) is -4.69. The molecule has 3 rings (SSSR count). The van der Waals surface area contributed by atoms with Crippen molar-refractivity contribution in [1.29, 1.82) is 0 Å². The largest absolute Gasteiger partial charge is 0.459 e. The highest BCUT2D eigenvalue weighted by Crippen LogP contribution is 2.47. The minimum atomic E-state index is -5.79. The van der Waals surface area contributed by atoms with Crippen LogP contribution in [0.3, 0.4) is 0 Å². The van der Waals surface area contributed by atoms with Crippen molar-refractivity contribution in [2.75, 3.05) is 18.0 Å². The minimum absolute atomic E-state index is 0.0330. The number of azo groups is 1. The van der Waals surface area contributed by atoms with Gasteiger partial charge in [-0.2, -0.15) is 30.4 Å². The van der Waals surface area contributed by atoms with E-state index < -0.39 is 37.1 Å². The van der Waals surface area contributed by atoms with Crippen LogP contribution in [0.25, 0.3) is 0 Å². The van der Waals surface area contributed by atoms with Crippen LogP contribution in [-0.4, -0.2) is 37.2 Å². The number of halogens is 5. The highest BCUT2D eigenvalue weighted by atomic mass is 32.2. The first kappa shape index (κ1) is 21.5. The molecule has 0 radical (unpaired) electrons. The maximum Gasteiger partial charge on any atom is 0.459 e. The van der Waals surface area contributed by atoms with Crippen LogP contribution in [0.2, 0.25) is 0 Å². The average molecular weight is 456 g/mol. The molecule has 7 nitrogen and oxygen atoms in total. The molecule has 0 unspecified atom stereocenters. The molecule has 2 aromatic rings. The molecule has 1 aromatic carbocycles. The van der Waals surface area contributed by atoms with E-state index in [-0.39, 0.29) is 17.0 Å². The molecule has 1 N–H and O–H groups in total. The van der Waals surface area contributed by atoms with Gasteiger partial charge in [-0.05, 0) is 31.0 Å².